The van der Waals surface area contributed by atoms with E-state index in [4.69, 9.17) is 11.6 Å². The molecule has 0 aliphatic carbocycles. The average Bonchev–Trinajstić information content (AvgIpc) is 2.69. The van der Waals surface area contributed by atoms with Crippen LogP contribution in [0.2, 0.25) is 5.02 Å². The highest BCUT2D eigenvalue weighted by atomic mass is 35.5. The molecule has 1 atom stereocenters. The largest absolute Gasteiger partial charge is 0.372 e. The first-order valence-electron chi connectivity index (χ1n) is 8.49. The topological polar surface area (TPSA) is 79.5 Å². The van der Waals surface area contributed by atoms with Crippen LogP contribution in [0.15, 0.2) is 51.1 Å². The molecular weight excluding hydrogens is 431 g/mol. The molecule has 29 heavy (non-hydrogen) atoms. The number of pyridine rings is 1. The highest BCUT2D eigenvalue weighted by Gasteiger charge is 2.18. The quantitative estimate of drug-likeness (QED) is 0.428. The van der Waals surface area contributed by atoms with Crippen molar-refractivity contribution in [3.8, 4) is 0 Å². The van der Waals surface area contributed by atoms with Gasteiger partial charge in [-0.1, -0.05) is 11.6 Å². The van der Waals surface area contributed by atoms with E-state index >= 15 is 0 Å². The molecule has 0 spiro atoms. The number of hydrogen-bond acceptors (Lipinski definition) is 7. The van der Waals surface area contributed by atoms with Gasteiger partial charge >= 0.3 is 6.61 Å². The van der Waals surface area contributed by atoms with Gasteiger partial charge in [-0.2, -0.15) is 13.1 Å². The average molecular weight is 450 g/mol. The van der Waals surface area contributed by atoms with E-state index in [2.05, 4.69) is 23.8 Å². The van der Waals surface area contributed by atoms with Crippen molar-refractivity contribution in [3.63, 3.8) is 0 Å². The van der Waals surface area contributed by atoms with Crippen molar-refractivity contribution in [1.82, 2.24) is 4.98 Å². The van der Waals surface area contributed by atoms with Crippen LogP contribution in [0.25, 0.3) is 0 Å². The molecule has 0 radical (unpaired) electrons. The zero-order chi connectivity index (χ0) is 21.4. The molecule has 0 amide bonds. The van der Waals surface area contributed by atoms with Gasteiger partial charge in [0.2, 0.25) is 10.0 Å². The van der Waals surface area contributed by atoms with Gasteiger partial charge in [-0.05, 0) is 44.2 Å². The summed E-state index contributed by atoms with van der Waals surface area (Å²) in [4.78, 5) is 5.89. The number of anilines is 1. The molecule has 7 nitrogen and oxygen atoms in total. The van der Waals surface area contributed by atoms with E-state index in [1.54, 1.807) is 12.1 Å². The fraction of sp³-hybridized carbons (Fsp3) is 0.353. The lowest BCUT2D eigenvalue weighted by molar-refractivity contribution is -0.0421. The molecule has 0 bridgehead atoms. The predicted octanol–water partition coefficient (Wildman–Crippen LogP) is 6.18. The second-order valence-corrected chi connectivity index (χ2v) is 7.71. The molecule has 1 unspecified atom stereocenters. The second kappa shape index (κ2) is 10.5. The number of nitrogens with zero attached hydrogens (tertiary/aromatic N) is 5. The number of aromatic nitrogens is 1. The van der Waals surface area contributed by atoms with Crippen molar-refractivity contribution in [2.45, 2.75) is 20.5 Å². The normalized spacial score (nSPS) is 13.6. The van der Waals surface area contributed by atoms with Gasteiger partial charge in [-0.15, -0.1) is 10.2 Å². The third-order valence-electron chi connectivity index (χ3n) is 3.66. The van der Waals surface area contributed by atoms with Gasteiger partial charge in [0, 0.05) is 25.0 Å². The van der Waals surface area contributed by atoms with E-state index < -0.39 is 22.6 Å². The molecule has 1 heterocycles. The number of benzene rings is 1. The van der Waals surface area contributed by atoms with Gasteiger partial charge in [-0.25, -0.2) is 17.8 Å². The number of alkyl halides is 3. The lowest BCUT2D eigenvalue weighted by atomic mass is 10.2. The molecule has 158 valence electrons. The van der Waals surface area contributed by atoms with Crippen LogP contribution >= 0.6 is 11.6 Å². The Bertz CT molecular complexity index is 962. The minimum absolute atomic E-state index is 0.0803. The lowest BCUT2D eigenvalue weighted by Gasteiger charge is -2.21. The molecule has 0 aliphatic heterocycles. The highest BCUT2D eigenvalue weighted by molar-refractivity contribution is 7.89. The summed E-state index contributed by atoms with van der Waals surface area (Å²) in [5, 5.41) is 8.30. The number of azo groups is 1. The lowest BCUT2D eigenvalue weighted by Crippen LogP contribution is -2.21. The molecule has 0 aliphatic rings. The van der Waals surface area contributed by atoms with Gasteiger partial charge < -0.3 is 4.90 Å². The molecule has 1 aromatic heterocycles. The monoisotopic (exact) mass is 449 g/mol. The van der Waals surface area contributed by atoms with Gasteiger partial charge in [-0.3, -0.25) is 0 Å². The molecule has 1 aromatic carbocycles. The molecule has 2 aromatic rings. The SMILES string of the molecule is CCN(CC)c1ccc(N=Nc2ccc(Cl)cn2)c(N=S(=O)(CF)OC(F)F)c1. The van der Waals surface area contributed by atoms with Crippen LogP contribution < -0.4 is 4.90 Å². The van der Waals surface area contributed by atoms with Crippen molar-refractivity contribution in [1.29, 1.82) is 0 Å². The first kappa shape index (κ1) is 23.0. The smallest absolute Gasteiger partial charge is 0.357 e. The van der Waals surface area contributed by atoms with Crippen LogP contribution in [0.4, 0.5) is 36.1 Å². The Morgan fingerprint density at radius 3 is 2.45 bits per heavy atom. The minimum atomic E-state index is -4.29. The summed E-state index contributed by atoms with van der Waals surface area (Å²) < 4.78 is 58.1. The van der Waals surface area contributed by atoms with Crippen molar-refractivity contribution < 1.29 is 21.6 Å². The Hall–Kier alpha value is -2.24. The summed E-state index contributed by atoms with van der Waals surface area (Å²) in [6.45, 7) is 1.70. The number of rotatable bonds is 9. The summed E-state index contributed by atoms with van der Waals surface area (Å²) in [6.07, 6.45) is 1.37. The molecular formula is C17H19ClF3N5O2S. The van der Waals surface area contributed by atoms with Crippen LogP contribution in [-0.4, -0.2) is 34.9 Å². The molecule has 0 saturated carbocycles. The van der Waals surface area contributed by atoms with E-state index in [-0.39, 0.29) is 17.2 Å². The fourth-order valence-electron chi connectivity index (χ4n) is 2.32. The predicted molar refractivity (Wildman–Crippen MR) is 107 cm³/mol. The highest BCUT2D eigenvalue weighted by Crippen LogP contribution is 2.35. The van der Waals surface area contributed by atoms with Crippen LogP contribution in [-0.2, 0) is 14.2 Å². The number of halogens is 4. The Kier molecular flexibility index (Phi) is 8.35. The molecule has 12 heteroatoms. The van der Waals surface area contributed by atoms with Crippen LogP contribution in [0, 0.1) is 0 Å². The maximum Gasteiger partial charge on any atom is 0.357 e. The summed E-state index contributed by atoms with van der Waals surface area (Å²) in [5.41, 5.74) is 0.641. The second-order valence-electron chi connectivity index (χ2n) is 5.52. The van der Waals surface area contributed by atoms with E-state index in [0.29, 0.717) is 23.8 Å². The molecule has 2 rings (SSSR count). The van der Waals surface area contributed by atoms with E-state index in [0.717, 1.165) is 0 Å². The third kappa shape index (κ3) is 6.65. The van der Waals surface area contributed by atoms with Gasteiger partial charge in [0.05, 0.1) is 5.02 Å². The molecule has 0 N–H and O–H groups in total. The summed E-state index contributed by atoms with van der Waals surface area (Å²) >= 11 is 5.76. The van der Waals surface area contributed by atoms with Crippen molar-refractivity contribution in [2.75, 3.05) is 24.0 Å². The zero-order valence-corrected chi connectivity index (χ0v) is 17.2. The Balaban J connectivity index is 2.54. The number of hydrogen-bond donors (Lipinski definition) is 0. The Morgan fingerprint density at radius 2 is 1.90 bits per heavy atom. The van der Waals surface area contributed by atoms with Crippen LogP contribution in [0.1, 0.15) is 13.8 Å². The standard InChI is InChI=1S/C17H19ClF3N5O2S/c1-3-26(4-2)13-6-7-14(23-24-16-8-5-12(18)10-22-16)15(9-13)25-29(27,11-19)28-17(20)21/h5-10,17H,3-4,11H2,1-2H3. The van der Waals surface area contributed by atoms with Crippen LogP contribution in [0.5, 0.6) is 0 Å². The van der Waals surface area contributed by atoms with E-state index in [9.17, 15) is 17.4 Å². The van der Waals surface area contributed by atoms with Crippen LogP contribution in [0.3, 0.4) is 0 Å². The molecule has 0 saturated heterocycles. The third-order valence-corrected chi connectivity index (χ3v) is 5.08. The molecule has 0 fully saturated rings. The van der Waals surface area contributed by atoms with Crippen molar-refractivity contribution in [3.05, 3.63) is 41.6 Å². The fourth-order valence-corrected chi connectivity index (χ4v) is 3.25. The van der Waals surface area contributed by atoms with E-state index in [1.807, 2.05) is 18.7 Å². The Morgan fingerprint density at radius 1 is 1.17 bits per heavy atom. The zero-order valence-electron chi connectivity index (χ0n) is 15.6. The van der Waals surface area contributed by atoms with Gasteiger partial charge in [0.15, 0.2) is 11.8 Å². The minimum Gasteiger partial charge on any atom is -0.372 e. The van der Waals surface area contributed by atoms with Crippen molar-refractivity contribution in [2.24, 2.45) is 14.6 Å². The summed E-state index contributed by atoms with van der Waals surface area (Å²) in [6, 6.07) is 6.04. The van der Waals surface area contributed by atoms with Crippen molar-refractivity contribution >= 4 is 44.5 Å². The summed E-state index contributed by atoms with van der Waals surface area (Å²) in [5.74, 6) is 0.225. The first-order valence-corrected chi connectivity index (χ1v) is 10.5. The van der Waals surface area contributed by atoms with Gasteiger partial charge in [0.1, 0.15) is 11.4 Å². The maximum atomic E-state index is 13.2. The summed E-state index contributed by atoms with van der Waals surface area (Å²) in [7, 11) is -4.29. The van der Waals surface area contributed by atoms with Gasteiger partial charge in [0.25, 0.3) is 0 Å². The van der Waals surface area contributed by atoms with E-state index in [1.165, 1.54) is 24.4 Å². The maximum absolute atomic E-state index is 13.2. The first-order chi connectivity index (χ1) is 13.8. The Labute approximate surface area is 172 Å².